The van der Waals surface area contributed by atoms with Crippen LogP contribution in [0.2, 0.25) is 0 Å². The van der Waals surface area contributed by atoms with E-state index in [0.29, 0.717) is 25.7 Å². The molecule has 16 atom stereocenters. The Bertz CT molecular complexity index is 998. The number of piperidine rings is 1. The summed E-state index contributed by atoms with van der Waals surface area (Å²) in [6.07, 6.45) is -4.19. The summed E-state index contributed by atoms with van der Waals surface area (Å²) in [6.45, 7) is 4.20. The number of ether oxygens (including phenoxy) is 3. The Morgan fingerprint density at radius 3 is 2.44 bits per heavy atom. The first-order chi connectivity index (χ1) is 20.4. The van der Waals surface area contributed by atoms with E-state index in [9.17, 15) is 35.1 Å². The van der Waals surface area contributed by atoms with Gasteiger partial charge in [0.1, 0.15) is 41.6 Å². The molecule has 0 aromatic heterocycles. The average Bonchev–Trinajstić information content (AvgIpc) is 2.98. The van der Waals surface area contributed by atoms with Crippen molar-refractivity contribution in [1.82, 2.24) is 0 Å². The highest BCUT2D eigenvalue weighted by atomic mass is 16.7. The molecule has 0 radical (unpaired) electrons. The second-order valence-corrected chi connectivity index (χ2v) is 14.1. The fourth-order valence-corrected chi connectivity index (χ4v) is 9.24. The SMILES string of the molecule is CCC1C(OC)CC(O[C@H]2O[C@H](CO)[C@](O)(CCC3CC[NH2+]C(N)C3)[C@H](O)[C@H]2O)C2C(=O)C3C(O)CC(C)CC3C(=O)C12. The Kier molecular flexibility index (Phi) is 10.3. The molecule has 3 aliphatic carbocycles. The Morgan fingerprint density at radius 1 is 1.05 bits per heavy atom. The van der Waals surface area contributed by atoms with Crippen LogP contribution in [0.1, 0.15) is 65.2 Å². The van der Waals surface area contributed by atoms with Crippen LogP contribution in [0.4, 0.5) is 0 Å². The molecule has 5 rings (SSSR count). The molecule has 12 nitrogen and oxygen atoms in total. The van der Waals surface area contributed by atoms with Gasteiger partial charge < -0.3 is 45.1 Å². The van der Waals surface area contributed by atoms with Gasteiger partial charge in [-0.05, 0) is 49.9 Å². The zero-order valence-electron chi connectivity index (χ0n) is 25.7. The minimum Gasteiger partial charge on any atom is -0.394 e. The van der Waals surface area contributed by atoms with Gasteiger partial charge in [0, 0.05) is 31.8 Å². The number of aliphatic hydroxyl groups excluding tert-OH is 4. The molecule has 2 aliphatic heterocycles. The number of ketones is 2. The van der Waals surface area contributed by atoms with Gasteiger partial charge >= 0.3 is 0 Å². The molecule has 0 aromatic rings. The Labute approximate surface area is 253 Å². The summed E-state index contributed by atoms with van der Waals surface area (Å²) in [7, 11) is 1.56. The number of aliphatic hydroxyl groups is 5. The van der Waals surface area contributed by atoms with E-state index in [4.69, 9.17) is 19.9 Å². The second-order valence-electron chi connectivity index (χ2n) is 14.1. The number of Topliss-reactive ketones (excluding diaryl/α,β-unsaturated/α-hetero) is 2. The standard InChI is InChI=1S/C31H52N2O10/c1-4-16-19(41-3)12-20(25-24(16)26(36)17-9-14(2)10-18(35)23(17)27(25)37)42-30-28(38)29(39)31(40,21(13-34)43-30)7-5-15-6-8-33-22(32)11-15/h14-25,28-30,33-35,38-40H,4-13,32H2,1-3H3/p+1/t14?,15?,16?,17?,18?,19?,20?,21-,22?,23?,24?,25?,28-,29-,30+,31-/m1/s1. The van der Waals surface area contributed by atoms with Crippen LogP contribution in [0.25, 0.3) is 0 Å². The van der Waals surface area contributed by atoms with Crippen LogP contribution in [0, 0.1) is 41.4 Å². The first-order valence-corrected chi connectivity index (χ1v) is 16.3. The van der Waals surface area contributed by atoms with Gasteiger partial charge in [0.05, 0.1) is 43.3 Å². The lowest BCUT2D eigenvalue weighted by Crippen LogP contribution is -2.94. The molecular weight excluding hydrogens is 560 g/mol. The van der Waals surface area contributed by atoms with Gasteiger partial charge in [-0.25, -0.2) is 0 Å². The summed E-state index contributed by atoms with van der Waals surface area (Å²) in [4.78, 5) is 28.2. The fourth-order valence-electron chi connectivity index (χ4n) is 9.24. The molecule has 2 heterocycles. The lowest BCUT2D eigenvalue weighted by atomic mass is 9.52. The highest BCUT2D eigenvalue weighted by Crippen LogP contribution is 2.52. The smallest absolute Gasteiger partial charge is 0.187 e. The minimum atomic E-state index is -1.93. The van der Waals surface area contributed by atoms with Crippen LogP contribution in [0.5, 0.6) is 0 Å². The molecule has 5 fully saturated rings. The molecule has 2 saturated heterocycles. The van der Waals surface area contributed by atoms with Gasteiger partial charge in [-0.1, -0.05) is 20.3 Å². The van der Waals surface area contributed by atoms with Crippen molar-refractivity contribution < 1.29 is 54.6 Å². The molecular formula is C31H53N2O10+. The first-order valence-electron chi connectivity index (χ1n) is 16.3. The predicted octanol–water partition coefficient (Wildman–Crippen LogP) is -1.57. The number of carbonyl (C=O) groups excluding carboxylic acids is 2. The van der Waals surface area contributed by atoms with Crippen LogP contribution in [-0.4, -0.2) is 112 Å². The topological polar surface area (TPSA) is 206 Å². The van der Waals surface area contributed by atoms with Crippen molar-refractivity contribution in [3.8, 4) is 0 Å². The van der Waals surface area contributed by atoms with Crippen molar-refractivity contribution in [1.29, 1.82) is 0 Å². The van der Waals surface area contributed by atoms with E-state index in [2.05, 4.69) is 5.32 Å². The summed E-state index contributed by atoms with van der Waals surface area (Å²) in [5, 5.41) is 57.2. The van der Waals surface area contributed by atoms with Crippen LogP contribution < -0.4 is 11.1 Å². The predicted molar refractivity (Wildman–Crippen MR) is 152 cm³/mol. The number of methoxy groups -OCH3 is 1. The van der Waals surface area contributed by atoms with Gasteiger partial charge in [0.15, 0.2) is 6.29 Å². The third kappa shape index (κ3) is 6.09. The molecule has 0 bridgehead atoms. The Balaban J connectivity index is 1.37. The maximum absolute atomic E-state index is 14.1. The van der Waals surface area contributed by atoms with Crippen LogP contribution in [0.3, 0.4) is 0 Å². The fraction of sp³-hybridized carbons (Fsp3) is 0.935. The van der Waals surface area contributed by atoms with Crippen molar-refractivity contribution in [2.45, 2.75) is 120 Å². The van der Waals surface area contributed by atoms with Gasteiger partial charge in [0.2, 0.25) is 0 Å². The van der Waals surface area contributed by atoms with Crippen LogP contribution in [-0.2, 0) is 23.8 Å². The van der Waals surface area contributed by atoms with E-state index in [1.54, 1.807) is 7.11 Å². The average molecular weight is 614 g/mol. The second kappa shape index (κ2) is 13.4. The number of fused-ring (bicyclic) bond motifs is 2. The van der Waals surface area contributed by atoms with Crippen molar-refractivity contribution in [3.63, 3.8) is 0 Å². The van der Waals surface area contributed by atoms with Gasteiger partial charge in [-0.3, -0.25) is 15.3 Å². The molecule has 9 N–H and O–H groups in total. The molecule has 11 unspecified atom stereocenters. The normalized spacial score (nSPS) is 50.7. The number of hydrogen-bond acceptors (Lipinski definition) is 11. The van der Waals surface area contributed by atoms with Crippen molar-refractivity contribution in [2.24, 2.45) is 47.2 Å². The van der Waals surface area contributed by atoms with E-state index >= 15 is 0 Å². The highest BCUT2D eigenvalue weighted by Gasteiger charge is 2.62. The third-order valence-electron chi connectivity index (χ3n) is 11.5. The monoisotopic (exact) mass is 613 g/mol. The number of quaternary nitrogens is 1. The first kappa shape index (κ1) is 33.3. The zero-order valence-corrected chi connectivity index (χ0v) is 25.7. The molecule has 246 valence electrons. The number of carbonyl (C=O) groups is 2. The minimum absolute atomic E-state index is 0.0248. The molecule has 43 heavy (non-hydrogen) atoms. The molecule has 12 heteroatoms. The summed E-state index contributed by atoms with van der Waals surface area (Å²) in [5.74, 6) is -3.03. The molecule has 5 aliphatic rings. The van der Waals surface area contributed by atoms with Crippen molar-refractivity contribution >= 4 is 11.6 Å². The molecule has 3 saturated carbocycles. The summed E-state index contributed by atoms with van der Waals surface area (Å²) < 4.78 is 18.1. The third-order valence-corrected chi connectivity index (χ3v) is 11.5. The maximum Gasteiger partial charge on any atom is 0.187 e. The van der Waals surface area contributed by atoms with Gasteiger partial charge in [0.25, 0.3) is 0 Å². The summed E-state index contributed by atoms with van der Waals surface area (Å²) >= 11 is 0. The van der Waals surface area contributed by atoms with E-state index < -0.39 is 78.8 Å². The molecule has 0 aromatic carbocycles. The van der Waals surface area contributed by atoms with Crippen LogP contribution >= 0.6 is 0 Å². The summed E-state index contributed by atoms with van der Waals surface area (Å²) in [6, 6.07) is 0. The number of hydrogen-bond donors (Lipinski definition) is 7. The van der Waals surface area contributed by atoms with E-state index in [1.807, 2.05) is 13.8 Å². The molecule has 0 amide bonds. The van der Waals surface area contributed by atoms with E-state index in [1.165, 1.54) is 0 Å². The number of nitrogens with two attached hydrogens (primary N) is 2. The van der Waals surface area contributed by atoms with E-state index in [0.717, 1.165) is 19.4 Å². The number of rotatable bonds is 8. The zero-order chi connectivity index (χ0) is 31.2. The lowest BCUT2D eigenvalue weighted by molar-refractivity contribution is -0.699. The Hall–Kier alpha value is -1.06. The van der Waals surface area contributed by atoms with E-state index in [-0.39, 0.29) is 48.3 Å². The van der Waals surface area contributed by atoms with Crippen molar-refractivity contribution in [2.75, 3.05) is 20.3 Å². The highest BCUT2D eigenvalue weighted by molar-refractivity contribution is 6.00. The van der Waals surface area contributed by atoms with Gasteiger partial charge in [-0.2, -0.15) is 0 Å². The quantitative estimate of drug-likeness (QED) is 0.167. The lowest BCUT2D eigenvalue weighted by Gasteiger charge is -2.54. The van der Waals surface area contributed by atoms with Crippen LogP contribution in [0.15, 0.2) is 0 Å². The largest absolute Gasteiger partial charge is 0.394 e. The van der Waals surface area contributed by atoms with Gasteiger partial charge in [-0.15, -0.1) is 0 Å². The Morgan fingerprint density at radius 2 is 1.79 bits per heavy atom. The summed E-state index contributed by atoms with van der Waals surface area (Å²) in [5.41, 5.74) is 4.15. The van der Waals surface area contributed by atoms with Crippen molar-refractivity contribution in [3.05, 3.63) is 0 Å². The molecule has 0 spiro atoms. The maximum atomic E-state index is 14.1.